The molecule has 3 heteroatoms. The molecule has 1 heterocycles. The molecule has 0 aliphatic rings. The van der Waals surface area contributed by atoms with Crippen molar-refractivity contribution in [3.63, 3.8) is 0 Å². The fourth-order valence-electron chi connectivity index (χ4n) is 1.93. The maximum Gasteiger partial charge on any atom is 0.0995 e. The third-order valence-corrected chi connectivity index (χ3v) is 3.92. The topological polar surface area (TPSA) is 35.8 Å². The molecule has 0 saturated heterocycles. The van der Waals surface area contributed by atoms with Crippen LogP contribution in [0.15, 0.2) is 35.7 Å². The van der Waals surface area contributed by atoms with Crippen LogP contribution in [0.2, 0.25) is 0 Å². The average Bonchev–Trinajstić information content (AvgIpc) is 2.87. The zero-order valence-electron chi connectivity index (χ0n) is 10.4. The summed E-state index contributed by atoms with van der Waals surface area (Å²) >= 11 is 1.79. The van der Waals surface area contributed by atoms with Gasteiger partial charge in [-0.1, -0.05) is 25.1 Å². The number of nitriles is 1. The Morgan fingerprint density at radius 2 is 2.00 bits per heavy atom. The molecule has 1 aromatic carbocycles. The Hall–Kier alpha value is -1.63. The molecule has 0 saturated carbocycles. The first-order chi connectivity index (χ1) is 8.85. The molecule has 2 nitrogen and oxygen atoms in total. The highest BCUT2D eigenvalue weighted by molar-refractivity contribution is 7.10. The summed E-state index contributed by atoms with van der Waals surface area (Å²) in [6, 6.07) is 12.1. The summed E-state index contributed by atoms with van der Waals surface area (Å²) in [6.45, 7) is 3.79. The molecular weight excluding hydrogens is 240 g/mol. The summed E-state index contributed by atoms with van der Waals surface area (Å²) < 4.78 is 0. The van der Waals surface area contributed by atoms with E-state index in [-0.39, 0.29) is 0 Å². The van der Waals surface area contributed by atoms with Gasteiger partial charge >= 0.3 is 0 Å². The minimum atomic E-state index is 0.741. The van der Waals surface area contributed by atoms with Crippen LogP contribution in [-0.4, -0.2) is 0 Å². The van der Waals surface area contributed by atoms with E-state index in [1.54, 1.807) is 11.3 Å². The second kappa shape index (κ2) is 6.34. The van der Waals surface area contributed by atoms with Crippen LogP contribution in [0.25, 0.3) is 0 Å². The molecule has 0 aliphatic carbocycles. The smallest absolute Gasteiger partial charge is 0.0995 e. The van der Waals surface area contributed by atoms with Gasteiger partial charge in [0.2, 0.25) is 0 Å². The molecule has 2 rings (SSSR count). The second-order valence-corrected chi connectivity index (χ2v) is 5.10. The lowest BCUT2D eigenvalue weighted by Gasteiger charge is -2.06. The van der Waals surface area contributed by atoms with Crippen LogP contribution in [0.4, 0.5) is 0 Å². The van der Waals surface area contributed by atoms with E-state index in [2.05, 4.69) is 29.8 Å². The van der Waals surface area contributed by atoms with E-state index in [1.165, 1.54) is 10.4 Å². The van der Waals surface area contributed by atoms with Crippen molar-refractivity contribution < 1.29 is 0 Å². The number of nitrogens with zero attached hydrogens (tertiary/aromatic N) is 1. The summed E-state index contributed by atoms with van der Waals surface area (Å²) in [5.74, 6) is 0. The van der Waals surface area contributed by atoms with Crippen LogP contribution in [0.3, 0.4) is 0 Å². The van der Waals surface area contributed by atoms with Crippen molar-refractivity contribution in [2.45, 2.75) is 26.4 Å². The fraction of sp³-hybridized carbons (Fsp3) is 0.267. The highest BCUT2D eigenvalue weighted by atomic mass is 32.1. The summed E-state index contributed by atoms with van der Waals surface area (Å²) in [7, 11) is 0. The first-order valence-corrected chi connectivity index (χ1v) is 6.97. The summed E-state index contributed by atoms with van der Waals surface area (Å²) in [5, 5.41) is 14.6. The normalized spacial score (nSPS) is 10.2. The van der Waals surface area contributed by atoms with Crippen LogP contribution in [0, 0.1) is 11.3 Å². The highest BCUT2D eigenvalue weighted by Crippen LogP contribution is 2.17. The zero-order chi connectivity index (χ0) is 12.8. The van der Waals surface area contributed by atoms with Crippen LogP contribution >= 0.6 is 11.3 Å². The van der Waals surface area contributed by atoms with Gasteiger partial charge in [-0.25, -0.2) is 0 Å². The largest absolute Gasteiger partial charge is 0.308 e. The first kappa shape index (κ1) is 12.8. The van der Waals surface area contributed by atoms with E-state index >= 15 is 0 Å². The van der Waals surface area contributed by atoms with Gasteiger partial charge in [0, 0.05) is 18.0 Å². The Bertz CT molecular complexity index is 552. The molecule has 1 N–H and O–H groups in total. The van der Waals surface area contributed by atoms with Gasteiger partial charge in [0.05, 0.1) is 11.6 Å². The maximum absolute atomic E-state index is 9.01. The van der Waals surface area contributed by atoms with Gasteiger partial charge in [-0.3, -0.25) is 0 Å². The quantitative estimate of drug-likeness (QED) is 0.889. The van der Waals surface area contributed by atoms with Crippen molar-refractivity contribution in [2.75, 3.05) is 0 Å². The fourth-order valence-corrected chi connectivity index (χ4v) is 2.88. The molecule has 0 bridgehead atoms. The van der Waals surface area contributed by atoms with E-state index in [1.807, 2.05) is 24.3 Å². The Morgan fingerprint density at radius 1 is 1.17 bits per heavy atom. The van der Waals surface area contributed by atoms with E-state index < -0.39 is 0 Å². The van der Waals surface area contributed by atoms with E-state index in [9.17, 15) is 0 Å². The number of nitrogens with one attached hydrogen (secondary N) is 1. The van der Waals surface area contributed by atoms with Gasteiger partial charge in [-0.15, -0.1) is 11.3 Å². The number of rotatable bonds is 5. The number of hydrogen-bond donors (Lipinski definition) is 1. The minimum Gasteiger partial charge on any atom is -0.308 e. The molecule has 0 atom stereocenters. The minimum absolute atomic E-state index is 0.741. The van der Waals surface area contributed by atoms with Crippen molar-refractivity contribution >= 4 is 11.3 Å². The van der Waals surface area contributed by atoms with E-state index in [4.69, 9.17) is 5.26 Å². The van der Waals surface area contributed by atoms with Gasteiger partial charge in [0.1, 0.15) is 0 Å². The summed E-state index contributed by atoms with van der Waals surface area (Å²) in [6.07, 6.45) is 1.08. The van der Waals surface area contributed by atoms with Crippen molar-refractivity contribution in [3.8, 4) is 6.07 Å². The molecule has 2 aromatic rings. The predicted molar refractivity (Wildman–Crippen MR) is 75.4 cm³/mol. The van der Waals surface area contributed by atoms with Crippen LogP contribution in [0.1, 0.15) is 28.5 Å². The van der Waals surface area contributed by atoms with Crippen molar-refractivity contribution in [1.82, 2.24) is 5.32 Å². The summed E-state index contributed by atoms with van der Waals surface area (Å²) in [4.78, 5) is 1.40. The van der Waals surface area contributed by atoms with Crippen molar-refractivity contribution in [2.24, 2.45) is 0 Å². The molecule has 1 aromatic heterocycles. The van der Waals surface area contributed by atoms with Gasteiger partial charge in [0.25, 0.3) is 0 Å². The zero-order valence-corrected chi connectivity index (χ0v) is 11.3. The Labute approximate surface area is 112 Å². The highest BCUT2D eigenvalue weighted by Gasteiger charge is 2.03. The average molecular weight is 256 g/mol. The Morgan fingerprint density at radius 3 is 2.78 bits per heavy atom. The van der Waals surface area contributed by atoms with Gasteiger partial charge < -0.3 is 5.32 Å². The lowest BCUT2D eigenvalue weighted by Crippen LogP contribution is -2.13. The molecule has 92 valence electrons. The number of aryl methyl sites for hydroxylation is 1. The summed E-state index contributed by atoms with van der Waals surface area (Å²) in [5.41, 5.74) is 3.24. The standard InChI is InChI=1S/C15H16N2S/c1-2-12-7-8-18-15(12)11-17-10-14-6-4-3-5-13(14)9-16/h3-8,17H,2,10-11H2,1H3. The van der Waals surface area contributed by atoms with Gasteiger partial charge in [-0.2, -0.15) is 5.26 Å². The molecule has 0 unspecified atom stereocenters. The Balaban J connectivity index is 1.95. The number of hydrogen-bond acceptors (Lipinski definition) is 3. The molecule has 18 heavy (non-hydrogen) atoms. The first-order valence-electron chi connectivity index (χ1n) is 6.09. The number of benzene rings is 1. The predicted octanol–water partition coefficient (Wildman–Crippen LogP) is 3.47. The van der Waals surface area contributed by atoms with Crippen molar-refractivity contribution in [3.05, 3.63) is 57.3 Å². The molecule has 0 fully saturated rings. The third-order valence-electron chi connectivity index (χ3n) is 2.96. The molecule has 0 amide bonds. The van der Waals surface area contributed by atoms with Crippen LogP contribution < -0.4 is 5.32 Å². The monoisotopic (exact) mass is 256 g/mol. The van der Waals surface area contributed by atoms with Gasteiger partial charge in [-0.05, 0) is 35.1 Å². The van der Waals surface area contributed by atoms with Gasteiger partial charge in [0.15, 0.2) is 0 Å². The van der Waals surface area contributed by atoms with Crippen LogP contribution in [0.5, 0.6) is 0 Å². The lowest BCUT2D eigenvalue weighted by molar-refractivity contribution is 0.696. The Kier molecular flexibility index (Phi) is 4.52. The molecule has 0 radical (unpaired) electrons. The van der Waals surface area contributed by atoms with E-state index in [0.717, 1.165) is 30.6 Å². The number of thiophene rings is 1. The lowest BCUT2D eigenvalue weighted by atomic mass is 10.1. The third kappa shape index (κ3) is 2.98. The van der Waals surface area contributed by atoms with Crippen molar-refractivity contribution in [1.29, 1.82) is 5.26 Å². The van der Waals surface area contributed by atoms with E-state index in [0.29, 0.717) is 0 Å². The SMILES string of the molecule is CCc1ccsc1CNCc1ccccc1C#N. The maximum atomic E-state index is 9.01. The molecule has 0 spiro atoms. The second-order valence-electron chi connectivity index (χ2n) is 4.10. The molecular formula is C15H16N2S. The van der Waals surface area contributed by atoms with Crippen LogP contribution in [-0.2, 0) is 19.5 Å². The molecule has 0 aliphatic heterocycles.